The van der Waals surface area contributed by atoms with Crippen LogP contribution < -0.4 is 16.7 Å². The lowest BCUT2D eigenvalue weighted by atomic mass is 10.3. The number of imidazole rings is 1. The molecule has 20 heavy (non-hydrogen) atoms. The largest absolute Gasteiger partial charge is 0.399 e. The van der Waals surface area contributed by atoms with Crippen molar-refractivity contribution < 1.29 is 4.79 Å². The molecule has 2 rings (SSSR count). The normalized spacial score (nSPS) is 10.6. The zero-order valence-corrected chi connectivity index (χ0v) is 12.1. The van der Waals surface area contributed by atoms with Crippen molar-refractivity contribution in [3.05, 3.63) is 45.1 Å². The van der Waals surface area contributed by atoms with Gasteiger partial charge in [0, 0.05) is 25.1 Å². The van der Waals surface area contributed by atoms with E-state index in [1.807, 2.05) is 0 Å². The molecule has 1 heterocycles. The van der Waals surface area contributed by atoms with E-state index in [9.17, 15) is 9.59 Å². The quantitative estimate of drug-likeness (QED) is 0.846. The number of benzene rings is 1. The number of carbonyl (C=O) groups is 1. The fourth-order valence-corrected chi connectivity index (χ4v) is 2.28. The predicted octanol–water partition coefficient (Wildman–Crippen LogP) is 1.71. The number of hydrogen-bond acceptors (Lipinski definition) is 3. The molecule has 0 spiro atoms. The fourth-order valence-electron chi connectivity index (χ4n) is 1.68. The molecule has 0 aliphatic heterocycles. The molecule has 0 fully saturated rings. The van der Waals surface area contributed by atoms with Crippen LogP contribution in [-0.2, 0) is 18.4 Å². The van der Waals surface area contributed by atoms with Gasteiger partial charge in [0.25, 0.3) is 0 Å². The van der Waals surface area contributed by atoms with Crippen molar-refractivity contribution in [1.82, 2.24) is 9.13 Å². The Balaban J connectivity index is 2.17. The highest BCUT2D eigenvalue weighted by atomic mass is 35.5. The second-order valence-corrected chi connectivity index (χ2v) is 5.04. The number of nitrogen functional groups attached to an aromatic ring is 1. The first-order chi connectivity index (χ1) is 9.38. The van der Waals surface area contributed by atoms with Gasteiger partial charge in [-0.15, -0.1) is 0 Å². The lowest BCUT2D eigenvalue weighted by Crippen LogP contribution is -2.28. The molecule has 3 N–H and O–H groups in total. The van der Waals surface area contributed by atoms with E-state index in [4.69, 9.17) is 28.9 Å². The summed E-state index contributed by atoms with van der Waals surface area (Å²) in [6, 6.07) is 2.97. The molecule has 2 aromatic rings. The molecular formula is C12H12Cl2N4O2. The molecule has 0 unspecified atom stereocenters. The van der Waals surface area contributed by atoms with Crippen LogP contribution in [0.25, 0.3) is 0 Å². The summed E-state index contributed by atoms with van der Waals surface area (Å²) in [6.45, 7) is -0.128. The van der Waals surface area contributed by atoms with Crippen molar-refractivity contribution in [2.75, 3.05) is 11.1 Å². The first-order valence-electron chi connectivity index (χ1n) is 5.64. The highest BCUT2D eigenvalue weighted by Crippen LogP contribution is 2.32. The molecule has 1 aromatic carbocycles. The second-order valence-electron chi connectivity index (χ2n) is 4.23. The number of rotatable bonds is 3. The van der Waals surface area contributed by atoms with E-state index in [-0.39, 0.29) is 28.0 Å². The highest BCUT2D eigenvalue weighted by Gasteiger charge is 2.12. The Labute approximate surface area is 124 Å². The van der Waals surface area contributed by atoms with Gasteiger partial charge in [0.1, 0.15) is 6.54 Å². The third-order valence-electron chi connectivity index (χ3n) is 2.66. The lowest BCUT2D eigenvalue weighted by Gasteiger charge is -2.10. The van der Waals surface area contributed by atoms with Gasteiger partial charge in [0.2, 0.25) is 5.91 Å². The average molecular weight is 315 g/mol. The molecule has 0 saturated carbocycles. The van der Waals surface area contributed by atoms with Crippen molar-refractivity contribution in [2.24, 2.45) is 7.05 Å². The SMILES string of the molecule is Cn1ccn(CC(=O)Nc2c(Cl)cc(N)cc2Cl)c1=O. The number of hydrogen-bond donors (Lipinski definition) is 2. The van der Waals surface area contributed by atoms with Gasteiger partial charge in [0.15, 0.2) is 0 Å². The number of carbonyl (C=O) groups excluding carboxylic acids is 1. The van der Waals surface area contributed by atoms with Crippen LogP contribution in [0.5, 0.6) is 0 Å². The Kier molecular flexibility index (Phi) is 4.06. The van der Waals surface area contributed by atoms with Crippen molar-refractivity contribution in [2.45, 2.75) is 6.54 Å². The Morgan fingerprint density at radius 3 is 2.40 bits per heavy atom. The van der Waals surface area contributed by atoms with E-state index in [1.165, 1.54) is 27.5 Å². The van der Waals surface area contributed by atoms with E-state index < -0.39 is 5.91 Å². The maximum absolute atomic E-state index is 11.9. The van der Waals surface area contributed by atoms with Crippen LogP contribution in [0.15, 0.2) is 29.3 Å². The molecule has 0 radical (unpaired) electrons. The smallest absolute Gasteiger partial charge is 0.328 e. The van der Waals surface area contributed by atoms with Crippen LogP contribution in [0.1, 0.15) is 0 Å². The van der Waals surface area contributed by atoms with Gasteiger partial charge in [-0.2, -0.15) is 0 Å². The first kappa shape index (κ1) is 14.5. The minimum Gasteiger partial charge on any atom is -0.399 e. The lowest BCUT2D eigenvalue weighted by molar-refractivity contribution is -0.116. The van der Waals surface area contributed by atoms with E-state index in [2.05, 4.69) is 5.32 Å². The minimum absolute atomic E-state index is 0.128. The maximum Gasteiger partial charge on any atom is 0.328 e. The average Bonchev–Trinajstić information content (AvgIpc) is 2.66. The number of aromatic nitrogens is 2. The van der Waals surface area contributed by atoms with Crippen LogP contribution in [0, 0.1) is 0 Å². The van der Waals surface area contributed by atoms with E-state index >= 15 is 0 Å². The summed E-state index contributed by atoms with van der Waals surface area (Å²) in [7, 11) is 1.60. The van der Waals surface area contributed by atoms with Crippen LogP contribution in [0.2, 0.25) is 10.0 Å². The summed E-state index contributed by atoms with van der Waals surface area (Å²) in [4.78, 5) is 23.5. The molecular weight excluding hydrogens is 303 g/mol. The van der Waals surface area contributed by atoms with Gasteiger partial charge in [-0.1, -0.05) is 23.2 Å². The van der Waals surface area contributed by atoms with Crippen LogP contribution in [0.4, 0.5) is 11.4 Å². The molecule has 0 saturated heterocycles. The van der Waals surface area contributed by atoms with Gasteiger partial charge in [-0.25, -0.2) is 4.79 Å². The summed E-state index contributed by atoms with van der Waals surface area (Å²) < 4.78 is 2.64. The number of amides is 1. The third-order valence-corrected chi connectivity index (χ3v) is 3.26. The molecule has 6 nitrogen and oxygen atoms in total. The molecule has 0 bridgehead atoms. The number of halogens is 2. The van der Waals surface area contributed by atoms with E-state index in [0.717, 1.165) is 0 Å². The Morgan fingerprint density at radius 1 is 1.30 bits per heavy atom. The fraction of sp³-hybridized carbons (Fsp3) is 0.167. The monoisotopic (exact) mass is 314 g/mol. The van der Waals surface area contributed by atoms with E-state index in [1.54, 1.807) is 13.2 Å². The van der Waals surface area contributed by atoms with Crippen molar-refractivity contribution in [1.29, 1.82) is 0 Å². The van der Waals surface area contributed by atoms with Crippen molar-refractivity contribution in [3.63, 3.8) is 0 Å². The van der Waals surface area contributed by atoms with Crippen LogP contribution >= 0.6 is 23.2 Å². The number of anilines is 2. The van der Waals surface area contributed by atoms with Gasteiger partial charge in [-0.05, 0) is 12.1 Å². The Bertz CT molecular complexity index is 697. The first-order valence-corrected chi connectivity index (χ1v) is 6.40. The van der Waals surface area contributed by atoms with Gasteiger partial charge < -0.3 is 15.6 Å². The van der Waals surface area contributed by atoms with Crippen molar-refractivity contribution in [3.8, 4) is 0 Å². The Hall–Kier alpha value is -1.92. The standard InChI is InChI=1S/C12H12Cl2N4O2/c1-17-2-3-18(12(17)20)6-10(19)16-11-8(13)4-7(15)5-9(11)14/h2-5H,6,15H2,1H3,(H,16,19). The van der Waals surface area contributed by atoms with E-state index in [0.29, 0.717) is 5.69 Å². The van der Waals surface area contributed by atoms with Gasteiger partial charge >= 0.3 is 5.69 Å². The summed E-state index contributed by atoms with van der Waals surface area (Å²) in [5.74, 6) is -0.410. The van der Waals surface area contributed by atoms with Gasteiger partial charge in [-0.3, -0.25) is 9.36 Å². The predicted molar refractivity (Wildman–Crippen MR) is 79.2 cm³/mol. The molecule has 1 aromatic heterocycles. The molecule has 106 valence electrons. The summed E-state index contributed by atoms with van der Waals surface area (Å²) >= 11 is 11.9. The topological polar surface area (TPSA) is 82.1 Å². The second kappa shape index (κ2) is 5.60. The van der Waals surface area contributed by atoms with Gasteiger partial charge in [0.05, 0.1) is 15.7 Å². The number of nitrogens with two attached hydrogens (primary N) is 1. The number of nitrogens with zero attached hydrogens (tertiary/aromatic N) is 2. The molecule has 0 aliphatic carbocycles. The molecule has 0 atom stereocenters. The summed E-state index contributed by atoms with van der Waals surface area (Å²) in [5, 5.41) is 3.04. The molecule has 1 amide bonds. The summed E-state index contributed by atoms with van der Waals surface area (Å²) in [5.41, 5.74) is 5.97. The maximum atomic E-state index is 11.9. The molecule has 0 aliphatic rings. The highest BCUT2D eigenvalue weighted by molar-refractivity contribution is 6.40. The Morgan fingerprint density at radius 2 is 1.90 bits per heavy atom. The van der Waals surface area contributed by atoms with Crippen molar-refractivity contribution >= 4 is 40.5 Å². The van der Waals surface area contributed by atoms with Crippen LogP contribution in [-0.4, -0.2) is 15.0 Å². The summed E-state index contributed by atoms with van der Waals surface area (Å²) in [6.07, 6.45) is 3.09. The minimum atomic E-state index is -0.410. The third kappa shape index (κ3) is 2.97. The zero-order valence-electron chi connectivity index (χ0n) is 10.6. The molecule has 8 heteroatoms. The van der Waals surface area contributed by atoms with Crippen LogP contribution in [0.3, 0.4) is 0 Å². The zero-order chi connectivity index (χ0) is 14.9. The number of nitrogens with one attached hydrogen (secondary N) is 1. The number of aryl methyl sites for hydroxylation is 1.